The van der Waals surface area contributed by atoms with E-state index in [2.05, 4.69) is 15.9 Å². The normalized spacial score (nSPS) is 14.4. The van der Waals surface area contributed by atoms with Crippen LogP contribution in [0.15, 0.2) is 54.6 Å². The third-order valence-electron chi connectivity index (χ3n) is 5.04. The molecule has 146 valence electrons. The Bertz CT molecular complexity index is 981. The molecule has 3 aromatic rings. The maximum absolute atomic E-state index is 10.7. The van der Waals surface area contributed by atoms with Gasteiger partial charge in [-0.1, -0.05) is 23.7 Å². The van der Waals surface area contributed by atoms with Crippen molar-refractivity contribution in [2.24, 2.45) is 0 Å². The smallest absolute Gasteiger partial charge is 0.223 e. The lowest BCUT2D eigenvalue weighted by atomic mass is 10.2. The van der Waals surface area contributed by atoms with Gasteiger partial charge in [-0.3, -0.25) is 0 Å². The van der Waals surface area contributed by atoms with Gasteiger partial charge in [0.25, 0.3) is 0 Å². The number of anilines is 2. The maximum Gasteiger partial charge on any atom is 0.223 e. The van der Waals surface area contributed by atoms with Crippen LogP contribution in [-0.2, 0) is 0 Å². The van der Waals surface area contributed by atoms with Crippen molar-refractivity contribution in [1.29, 1.82) is 0 Å². The fourth-order valence-corrected chi connectivity index (χ4v) is 3.77. The van der Waals surface area contributed by atoms with Crippen LogP contribution in [0.4, 0.5) is 11.4 Å². The van der Waals surface area contributed by atoms with Gasteiger partial charge in [-0.2, -0.15) is 0 Å². The van der Waals surface area contributed by atoms with Gasteiger partial charge in [-0.15, -0.1) is 0 Å². The van der Waals surface area contributed by atoms with Gasteiger partial charge in [0, 0.05) is 49.0 Å². The first-order valence-electron chi connectivity index (χ1n) is 9.10. The molecule has 0 spiro atoms. The second-order valence-electron chi connectivity index (χ2n) is 6.70. The molecule has 1 saturated heterocycles. The van der Waals surface area contributed by atoms with E-state index < -0.39 is 0 Å². The second-order valence-corrected chi connectivity index (χ2v) is 7.14. The highest BCUT2D eigenvalue weighted by molar-refractivity contribution is 6.30. The lowest BCUT2D eigenvalue weighted by Crippen LogP contribution is -2.46. The van der Waals surface area contributed by atoms with Crippen molar-refractivity contribution in [1.82, 2.24) is 4.57 Å². The Morgan fingerprint density at radius 3 is 2.25 bits per heavy atom. The van der Waals surface area contributed by atoms with Gasteiger partial charge < -0.3 is 24.7 Å². The number of aromatic nitrogens is 1. The van der Waals surface area contributed by atoms with E-state index >= 15 is 0 Å². The first-order valence-corrected chi connectivity index (χ1v) is 9.48. The molecule has 0 aliphatic carbocycles. The van der Waals surface area contributed by atoms with Crippen LogP contribution in [0.1, 0.15) is 0 Å². The maximum atomic E-state index is 10.7. The molecule has 0 atom stereocenters. The summed E-state index contributed by atoms with van der Waals surface area (Å²) in [6.45, 7) is 3.05. The first-order chi connectivity index (χ1) is 13.6. The topological polar surface area (TPSA) is 61.1 Å². The third-order valence-corrected chi connectivity index (χ3v) is 5.28. The van der Waals surface area contributed by atoms with E-state index in [4.69, 9.17) is 16.3 Å². The highest BCUT2D eigenvalue weighted by Gasteiger charge is 2.24. The molecular formula is C21H22ClN3O3. The molecule has 0 bridgehead atoms. The van der Waals surface area contributed by atoms with E-state index in [0.717, 1.165) is 37.6 Å². The van der Waals surface area contributed by atoms with Crippen LogP contribution in [0, 0.1) is 0 Å². The van der Waals surface area contributed by atoms with Crippen molar-refractivity contribution in [2.75, 3.05) is 43.1 Å². The highest BCUT2D eigenvalue weighted by atomic mass is 35.5. The van der Waals surface area contributed by atoms with Gasteiger partial charge in [-0.25, -0.2) is 4.57 Å². The Morgan fingerprint density at radius 2 is 1.54 bits per heavy atom. The lowest BCUT2D eigenvalue weighted by Gasteiger charge is -2.37. The number of ether oxygens (including phenoxy) is 1. The fraction of sp³-hybridized carbons (Fsp3) is 0.238. The highest BCUT2D eigenvalue weighted by Crippen LogP contribution is 2.39. The van der Waals surface area contributed by atoms with E-state index in [0.29, 0.717) is 16.4 Å². The molecule has 0 amide bonds. The Labute approximate surface area is 168 Å². The number of piperazine rings is 1. The Balaban J connectivity index is 1.53. The molecule has 0 saturated carbocycles. The van der Waals surface area contributed by atoms with Crippen LogP contribution >= 0.6 is 11.6 Å². The number of aromatic hydroxyl groups is 2. The van der Waals surface area contributed by atoms with Gasteiger partial charge in [-0.05, 0) is 30.3 Å². The third kappa shape index (κ3) is 3.43. The molecule has 28 heavy (non-hydrogen) atoms. The zero-order valence-electron chi connectivity index (χ0n) is 15.5. The fourth-order valence-electron chi connectivity index (χ4n) is 3.59. The number of rotatable bonds is 4. The predicted octanol–water partition coefficient (Wildman–Crippen LogP) is 3.88. The summed E-state index contributed by atoms with van der Waals surface area (Å²) in [7, 11) is 1.66. The van der Waals surface area contributed by atoms with E-state index in [1.54, 1.807) is 37.4 Å². The standard InChI is InChI=1S/C21H22ClN3O3/c1-28-18-7-3-5-16(13-18)23-8-10-24(11-9-23)19-14-20(26)25(21(19)27)17-6-2-4-15(22)12-17/h2-7,12-14,26-27H,8-11H2,1H3. The van der Waals surface area contributed by atoms with Crippen molar-refractivity contribution >= 4 is 23.0 Å². The summed E-state index contributed by atoms with van der Waals surface area (Å²) in [5.74, 6) is 0.820. The van der Waals surface area contributed by atoms with Crippen LogP contribution in [-0.4, -0.2) is 48.1 Å². The predicted molar refractivity (Wildman–Crippen MR) is 112 cm³/mol. The van der Waals surface area contributed by atoms with Crippen LogP contribution in [0.5, 0.6) is 17.5 Å². The van der Waals surface area contributed by atoms with Crippen molar-refractivity contribution < 1.29 is 14.9 Å². The number of hydrogen-bond donors (Lipinski definition) is 2. The summed E-state index contributed by atoms with van der Waals surface area (Å²) < 4.78 is 6.71. The zero-order chi connectivity index (χ0) is 19.7. The molecular weight excluding hydrogens is 378 g/mol. The summed E-state index contributed by atoms with van der Waals surface area (Å²) in [4.78, 5) is 4.36. The molecule has 2 heterocycles. The van der Waals surface area contributed by atoms with E-state index in [1.165, 1.54) is 4.57 Å². The molecule has 6 nitrogen and oxygen atoms in total. The lowest BCUT2D eigenvalue weighted by molar-refractivity contribution is 0.402. The summed E-state index contributed by atoms with van der Waals surface area (Å²) in [6.07, 6.45) is 0. The summed E-state index contributed by atoms with van der Waals surface area (Å²) in [6, 6.07) is 16.6. The summed E-state index contributed by atoms with van der Waals surface area (Å²) in [5, 5.41) is 21.7. The monoisotopic (exact) mass is 399 g/mol. The number of hydrogen-bond acceptors (Lipinski definition) is 5. The Morgan fingerprint density at radius 1 is 0.857 bits per heavy atom. The van der Waals surface area contributed by atoms with Crippen molar-refractivity contribution in [3.05, 3.63) is 59.6 Å². The van der Waals surface area contributed by atoms with Crippen molar-refractivity contribution in [3.8, 4) is 23.2 Å². The van der Waals surface area contributed by atoms with Gasteiger partial charge >= 0.3 is 0 Å². The van der Waals surface area contributed by atoms with Gasteiger partial charge in [0.2, 0.25) is 11.8 Å². The molecule has 2 N–H and O–H groups in total. The number of halogens is 1. The van der Waals surface area contributed by atoms with Crippen LogP contribution in [0.2, 0.25) is 5.02 Å². The molecule has 1 aliphatic rings. The number of methoxy groups -OCH3 is 1. The molecule has 4 rings (SSSR count). The molecule has 1 aromatic heterocycles. The minimum absolute atomic E-state index is 0.00889. The van der Waals surface area contributed by atoms with E-state index in [1.807, 2.05) is 18.2 Å². The van der Waals surface area contributed by atoms with Crippen molar-refractivity contribution in [2.45, 2.75) is 0 Å². The van der Waals surface area contributed by atoms with Gasteiger partial charge in [0.1, 0.15) is 11.4 Å². The Hall–Kier alpha value is -2.99. The van der Waals surface area contributed by atoms with E-state index in [-0.39, 0.29) is 11.8 Å². The van der Waals surface area contributed by atoms with Gasteiger partial charge in [0.05, 0.1) is 12.8 Å². The van der Waals surface area contributed by atoms with Crippen LogP contribution in [0.25, 0.3) is 5.69 Å². The second kappa shape index (κ2) is 7.56. The minimum atomic E-state index is -0.0232. The van der Waals surface area contributed by atoms with E-state index in [9.17, 15) is 10.2 Å². The SMILES string of the molecule is COc1cccc(N2CCN(c3cc(O)n(-c4cccc(Cl)c4)c3O)CC2)c1. The largest absolute Gasteiger partial charge is 0.497 e. The number of nitrogens with zero attached hydrogens (tertiary/aromatic N) is 3. The Kier molecular flexibility index (Phi) is 4.96. The average Bonchev–Trinajstić information content (AvgIpc) is 3.02. The molecule has 0 radical (unpaired) electrons. The average molecular weight is 400 g/mol. The molecule has 0 unspecified atom stereocenters. The quantitative estimate of drug-likeness (QED) is 0.697. The first kappa shape index (κ1) is 18.4. The molecule has 7 heteroatoms. The van der Waals surface area contributed by atoms with Crippen LogP contribution < -0.4 is 14.5 Å². The number of benzene rings is 2. The molecule has 2 aromatic carbocycles. The van der Waals surface area contributed by atoms with Crippen LogP contribution in [0.3, 0.4) is 0 Å². The summed E-state index contributed by atoms with van der Waals surface area (Å²) >= 11 is 6.05. The van der Waals surface area contributed by atoms with Crippen molar-refractivity contribution in [3.63, 3.8) is 0 Å². The molecule has 1 fully saturated rings. The minimum Gasteiger partial charge on any atom is -0.497 e. The zero-order valence-corrected chi connectivity index (χ0v) is 16.3. The van der Waals surface area contributed by atoms with Gasteiger partial charge in [0.15, 0.2) is 0 Å². The molecule has 1 aliphatic heterocycles. The summed E-state index contributed by atoms with van der Waals surface area (Å²) in [5.41, 5.74) is 2.34.